The van der Waals surface area contributed by atoms with Crippen LogP contribution >= 0.6 is 11.8 Å². The predicted molar refractivity (Wildman–Crippen MR) is 131 cm³/mol. The van der Waals surface area contributed by atoms with E-state index in [2.05, 4.69) is 19.5 Å². The Bertz CT molecular complexity index is 1250. The van der Waals surface area contributed by atoms with Gasteiger partial charge in [-0.1, -0.05) is 18.2 Å². The summed E-state index contributed by atoms with van der Waals surface area (Å²) in [5, 5.41) is 0.644. The summed E-state index contributed by atoms with van der Waals surface area (Å²) in [6.45, 7) is 5.88. The lowest BCUT2D eigenvalue weighted by Gasteiger charge is -2.25. The molecule has 0 radical (unpaired) electrons. The van der Waals surface area contributed by atoms with Crippen LogP contribution in [0.1, 0.15) is 44.2 Å². The number of fused-ring (bicyclic) bond motifs is 1. The predicted octanol–water partition coefficient (Wildman–Crippen LogP) is 2.92. The molecular formula is C21H30N8O2S2. The molecular weight excluding hydrogens is 460 g/mol. The van der Waals surface area contributed by atoms with Gasteiger partial charge in [0.15, 0.2) is 5.16 Å². The molecule has 12 heteroatoms. The average molecular weight is 491 g/mol. The van der Waals surface area contributed by atoms with Crippen LogP contribution in [0.2, 0.25) is 0 Å². The number of nitrogen functional groups attached to an aromatic ring is 1. The van der Waals surface area contributed by atoms with Crippen molar-refractivity contribution in [2.24, 2.45) is 0 Å². The van der Waals surface area contributed by atoms with Gasteiger partial charge in [0.25, 0.3) is 0 Å². The fourth-order valence-corrected chi connectivity index (χ4v) is 6.46. The number of thioether (sulfide) groups is 1. The highest BCUT2D eigenvalue weighted by molar-refractivity contribution is 7.99. The van der Waals surface area contributed by atoms with Gasteiger partial charge in [-0.2, -0.15) is 19.3 Å². The van der Waals surface area contributed by atoms with Gasteiger partial charge in [-0.25, -0.2) is 13.4 Å². The van der Waals surface area contributed by atoms with Crippen LogP contribution in [0, 0.1) is 0 Å². The van der Waals surface area contributed by atoms with Crippen molar-refractivity contribution in [1.29, 1.82) is 0 Å². The summed E-state index contributed by atoms with van der Waals surface area (Å²) in [6.07, 6.45) is 2.89. The van der Waals surface area contributed by atoms with E-state index in [-0.39, 0.29) is 11.2 Å². The highest BCUT2D eigenvalue weighted by Crippen LogP contribution is 2.36. The number of aryl methyl sites for hydroxylation is 1. The molecule has 1 aliphatic heterocycles. The van der Waals surface area contributed by atoms with E-state index >= 15 is 0 Å². The fraction of sp³-hybridized carbons (Fsp3) is 0.524. The largest absolute Gasteiger partial charge is 0.368 e. The lowest BCUT2D eigenvalue weighted by Crippen LogP contribution is -2.35. The third kappa shape index (κ3) is 4.78. The van der Waals surface area contributed by atoms with Crippen LogP contribution in [0.15, 0.2) is 28.3 Å². The Morgan fingerprint density at radius 2 is 1.85 bits per heavy atom. The number of aromatic nitrogens is 5. The first kappa shape index (κ1) is 23.7. The zero-order valence-corrected chi connectivity index (χ0v) is 21.0. The van der Waals surface area contributed by atoms with Crippen molar-refractivity contribution in [3.8, 4) is 0 Å². The molecule has 1 fully saturated rings. The molecule has 2 N–H and O–H groups in total. The van der Waals surface area contributed by atoms with E-state index in [1.807, 2.05) is 34.0 Å². The van der Waals surface area contributed by atoms with Gasteiger partial charge >= 0.3 is 0 Å². The number of piperidine rings is 1. The lowest BCUT2D eigenvalue weighted by atomic mass is 10.2. The number of benzene rings is 1. The maximum Gasteiger partial charge on any atom is 0.243 e. The number of anilines is 2. The van der Waals surface area contributed by atoms with E-state index in [0.29, 0.717) is 41.8 Å². The molecule has 1 aliphatic rings. The second kappa shape index (κ2) is 9.43. The zero-order chi connectivity index (χ0) is 23.8. The Hall–Kier alpha value is -2.44. The number of nitrogens with zero attached hydrogens (tertiary/aromatic N) is 7. The van der Waals surface area contributed by atoms with Gasteiger partial charge in [0.05, 0.1) is 21.2 Å². The van der Waals surface area contributed by atoms with Crippen molar-refractivity contribution in [3.63, 3.8) is 0 Å². The second-order valence-electron chi connectivity index (χ2n) is 8.26. The molecule has 0 bridgehead atoms. The maximum absolute atomic E-state index is 13.1. The molecule has 0 aliphatic carbocycles. The first-order valence-corrected chi connectivity index (χ1v) is 13.4. The van der Waals surface area contributed by atoms with Crippen molar-refractivity contribution in [2.75, 3.05) is 37.8 Å². The van der Waals surface area contributed by atoms with Crippen LogP contribution in [0.4, 0.5) is 11.9 Å². The molecule has 1 aromatic carbocycles. The van der Waals surface area contributed by atoms with Crippen LogP contribution in [0.25, 0.3) is 11.0 Å². The van der Waals surface area contributed by atoms with Crippen molar-refractivity contribution in [3.05, 3.63) is 24.0 Å². The Balaban J connectivity index is 1.66. The Labute approximate surface area is 198 Å². The van der Waals surface area contributed by atoms with Crippen LogP contribution in [-0.4, -0.2) is 64.4 Å². The standard InChI is InChI=1S/C21H30N8O2S2/c1-5-29-17-10-9-15(33(30,31)28-11-7-6-8-12-28)13-16(17)23-21(29)32-14(2)18-24-19(22)26-20(25-18)27(3)4/h9-10,13-14H,5-8,11-12H2,1-4H3,(H2,22,24,25,26). The number of hydrogen-bond donors (Lipinski definition) is 1. The van der Waals surface area contributed by atoms with E-state index in [0.717, 1.165) is 29.9 Å². The third-order valence-electron chi connectivity index (χ3n) is 5.66. The first-order chi connectivity index (χ1) is 15.7. The minimum absolute atomic E-state index is 0.132. The summed E-state index contributed by atoms with van der Waals surface area (Å²) in [7, 11) is 0.183. The molecule has 1 saturated heterocycles. The van der Waals surface area contributed by atoms with Crippen LogP contribution in [0.5, 0.6) is 0 Å². The van der Waals surface area contributed by atoms with Crippen LogP contribution < -0.4 is 10.6 Å². The molecule has 0 saturated carbocycles. The monoisotopic (exact) mass is 490 g/mol. The molecule has 1 unspecified atom stereocenters. The first-order valence-electron chi connectivity index (χ1n) is 11.1. The van der Waals surface area contributed by atoms with Gasteiger partial charge in [-0.05, 0) is 44.9 Å². The number of imidazole rings is 1. The highest BCUT2D eigenvalue weighted by atomic mass is 32.2. The molecule has 4 rings (SSSR count). The fourth-order valence-electron chi connectivity index (χ4n) is 3.89. The van der Waals surface area contributed by atoms with Crippen molar-refractivity contribution >= 4 is 44.7 Å². The summed E-state index contributed by atoms with van der Waals surface area (Å²) in [5.74, 6) is 1.24. The van der Waals surface area contributed by atoms with Crippen molar-refractivity contribution < 1.29 is 8.42 Å². The van der Waals surface area contributed by atoms with Crippen LogP contribution in [0.3, 0.4) is 0 Å². The lowest BCUT2D eigenvalue weighted by molar-refractivity contribution is 0.346. The average Bonchev–Trinajstić information content (AvgIpc) is 3.15. The van der Waals surface area contributed by atoms with E-state index in [4.69, 9.17) is 10.7 Å². The molecule has 178 valence electrons. The Morgan fingerprint density at radius 1 is 1.12 bits per heavy atom. The van der Waals surface area contributed by atoms with E-state index in [1.165, 1.54) is 11.8 Å². The third-order valence-corrected chi connectivity index (χ3v) is 8.64. The number of rotatable bonds is 7. The van der Waals surface area contributed by atoms with Gasteiger partial charge in [0.2, 0.25) is 21.9 Å². The summed E-state index contributed by atoms with van der Waals surface area (Å²) in [4.78, 5) is 19.8. The van der Waals surface area contributed by atoms with E-state index in [1.54, 1.807) is 21.3 Å². The minimum Gasteiger partial charge on any atom is -0.368 e. The topological polar surface area (TPSA) is 123 Å². The number of sulfonamides is 1. The number of nitrogens with two attached hydrogens (primary N) is 1. The van der Waals surface area contributed by atoms with Crippen molar-refractivity contribution in [2.45, 2.75) is 55.0 Å². The van der Waals surface area contributed by atoms with Gasteiger partial charge < -0.3 is 15.2 Å². The van der Waals surface area contributed by atoms with E-state index < -0.39 is 10.0 Å². The van der Waals surface area contributed by atoms with Gasteiger partial charge in [0.1, 0.15) is 5.82 Å². The SMILES string of the molecule is CCn1c(SC(C)c2nc(N)nc(N(C)C)n2)nc2cc(S(=O)(=O)N3CCCCC3)ccc21. The minimum atomic E-state index is -3.52. The molecule has 2 aromatic heterocycles. The molecule has 3 aromatic rings. The quantitative estimate of drug-likeness (QED) is 0.498. The van der Waals surface area contributed by atoms with Gasteiger partial charge in [0, 0.05) is 33.7 Å². The smallest absolute Gasteiger partial charge is 0.243 e. The second-order valence-corrected chi connectivity index (χ2v) is 11.5. The highest BCUT2D eigenvalue weighted by Gasteiger charge is 2.27. The Kier molecular flexibility index (Phi) is 6.78. The molecule has 33 heavy (non-hydrogen) atoms. The summed E-state index contributed by atoms with van der Waals surface area (Å²) < 4.78 is 29.9. The van der Waals surface area contributed by atoms with Crippen LogP contribution in [-0.2, 0) is 16.6 Å². The van der Waals surface area contributed by atoms with Gasteiger partial charge in [-0.15, -0.1) is 0 Å². The zero-order valence-electron chi connectivity index (χ0n) is 19.4. The van der Waals surface area contributed by atoms with Gasteiger partial charge in [-0.3, -0.25) is 0 Å². The van der Waals surface area contributed by atoms with Crippen molar-refractivity contribution in [1.82, 2.24) is 28.8 Å². The molecule has 3 heterocycles. The molecule has 0 amide bonds. The maximum atomic E-state index is 13.1. The normalized spacial score (nSPS) is 16.2. The summed E-state index contributed by atoms with van der Waals surface area (Å²) >= 11 is 1.51. The molecule has 1 atom stereocenters. The molecule has 0 spiro atoms. The summed E-state index contributed by atoms with van der Waals surface area (Å²) in [6, 6.07) is 5.22. The number of hydrogen-bond acceptors (Lipinski definition) is 9. The van der Waals surface area contributed by atoms with E-state index in [9.17, 15) is 8.42 Å². The Morgan fingerprint density at radius 3 is 2.52 bits per heavy atom. The summed E-state index contributed by atoms with van der Waals surface area (Å²) in [5.41, 5.74) is 7.44. The molecule has 10 nitrogen and oxygen atoms in total.